The van der Waals surface area contributed by atoms with E-state index in [2.05, 4.69) is 21.4 Å². The molecule has 1 aromatic heterocycles. The fourth-order valence-electron chi connectivity index (χ4n) is 2.49. The van der Waals surface area contributed by atoms with Gasteiger partial charge in [-0.1, -0.05) is 42.4 Å². The lowest BCUT2D eigenvalue weighted by molar-refractivity contribution is -0.116. The largest absolute Gasteiger partial charge is 0.345 e. The van der Waals surface area contributed by atoms with Crippen molar-refractivity contribution in [2.75, 3.05) is 0 Å². The molecule has 116 valence electrons. The first-order valence-electron chi connectivity index (χ1n) is 7.26. The monoisotopic (exact) mass is 325 g/mol. The average molecular weight is 326 g/mol. The van der Waals surface area contributed by atoms with Crippen LogP contribution in [0.2, 0.25) is 5.02 Å². The molecule has 0 saturated carbocycles. The van der Waals surface area contributed by atoms with Crippen molar-refractivity contribution in [3.05, 3.63) is 77.6 Å². The van der Waals surface area contributed by atoms with E-state index in [-0.39, 0.29) is 5.91 Å². The first-order chi connectivity index (χ1) is 11.2. The minimum atomic E-state index is -0.216. The van der Waals surface area contributed by atoms with Gasteiger partial charge in [-0.3, -0.25) is 4.79 Å². The van der Waals surface area contributed by atoms with Gasteiger partial charge in [-0.05, 0) is 35.9 Å². The van der Waals surface area contributed by atoms with Crippen molar-refractivity contribution in [2.45, 2.75) is 13.1 Å². The third-order valence-corrected chi connectivity index (χ3v) is 3.80. The number of para-hydroxylation sites is 2. The van der Waals surface area contributed by atoms with Gasteiger partial charge in [0.1, 0.15) is 5.82 Å². The van der Waals surface area contributed by atoms with Crippen molar-refractivity contribution < 1.29 is 4.79 Å². The molecule has 1 heterocycles. The number of carbonyl (C=O) groups excluding carboxylic acids is 1. The van der Waals surface area contributed by atoms with Crippen LogP contribution in [0.3, 0.4) is 0 Å². The molecule has 3 rings (SSSR count). The molecule has 0 radical (unpaired) electrons. The standard InChI is InChI=1S/C18H16ClN3O/c1-2-18(23)20-11-17-21-15-8-3-4-9-16(15)22(17)12-13-6-5-7-14(19)10-13/h2-10H,1,11-12H2,(H,20,23). The van der Waals surface area contributed by atoms with E-state index in [0.29, 0.717) is 18.1 Å². The second kappa shape index (κ2) is 6.67. The van der Waals surface area contributed by atoms with Gasteiger partial charge in [0.15, 0.2) is 0 Å². The Balaban J connectivity index is 1.98. The van der Waals surface area contributed by atoms with Gasteiger partial charge in [-0.25, -0.2) is 4.98 Å². The lowest BCUT2D eigenvalue weighted by Crippen LogP contribution is -2.22. The molecular formula is C18H16ClN3O. The normalized spacial score (nSPS) is 10.7. The van der Waals surface area contributed by atoms with Crippen LogP contribution in [-0.2, 0) is 17.9 Å². The second-order valence-electron chi connectivity index (χ2n) is 5.15. The smallest absolute Gasteiger partial charge is 0.243 e. The van der Waals surface area contributed by atoms with E-state index in [9.17, 15) is 4.79 Å². The zero-order chi connectivity index (χ0) is 16.2. The molecule has 0 spiro atoms. The molecule has 1 N–H and O–H groups in total. The van der Waals surface area contributed by atoms with Gasteiger partial charge in [0.05, 0.1) is 17.6 Å². The number of carbonyl (C=O) groups is 1. The Labute approximate surface area is 139 Å². The molecule has 0 saturated heterocycles. The van der Waals surface area contributed by atoms with Gasteiger partial charge < -0.3 is 9.88 Å². The van der Waals surface area contributed by atoms with Crippen molar-refractivity contribution in [2.24, 2.45) is 0 Å². The number of aromatic nitrogens is 2. The van der Waals surface area contributed by atoms with E-state index >= 15 is 0 Å². The van der Waals surface area contributed by atoms with Crippen molar-refractivity contribution in [1.82, 2.24) is 14.9 Å². The Kier molecular flexibility index (Phi) is 4.44. The molecule has 0 aliphatic heterocycles. The zero-order valence-electron chi connectivity index (χ0n) is 12.5. The summed E-state index contributed by atoms with van der Waals surface area (Å²) in [6.07, 6.45) is 1.25. The molecule has 0 aliphatic rings. The van der Waals surface area contributed by atoms with Crippen LogP contribution >= 0.6 is 11.6 Å². The Morgan fingerprint density at radius 2 is 2.09 bits per heavy atom. The summed E-state index contributed by atoms with van der Waals surface area (Å²) in [6, 6.07) is 15.6. The predicted octanol–water partition coefficient (Wildman–Crippen LogP) is 3.54. The van der Waals surface area contributed by atoms with Crippen LogP contribution in [0, 0.1) is 0 Å². The van der Waals surface area contributed by atoms with Crippen LogP contribution in [0.25, 0.3) is 11.0 Å². The van der Waals surface area contributed by atoms with Gasteiger partial charge in [-0.15, -0.1) is 0 Å². The third-order valence-electron chi connectivity index (χ3n) is 3.57. The molecule has 1 amide bonds. The average Bonchev–Trinajstić information content (AvgIpc) is 2.90. The molecule has 0 unspecified atom stereocenters. The number of nitrogens with one attached hydrogen (secondary N) is 1. The lowest BCUT2D eigenvalue weighted by atomic mass is 10.2. The maximum absolute atomic E-state index is 11.4. The highest BCUT2D eigenvalue weighted by Gasteiger charge is 2.11. The fraction of sp³-hybridized carbons (Fsp3) is 0.111. The molecular weight excluding hydrogens is 310 g/mol. The summed E-state index contributed by atoms with van der Waals surface area (Å²) < 4.78 is 2.09. The molecule has 0 aliphatic carbocycles. The van der Waals surface area contributed by atoms with E-state index in [4.69, 9.17) is 11.6 Å². The van der Waals surface area contributed by atoms with Crippen LogP contribution in [-0.4, -0.2) is 15.5 Å². The molecule has 2 aromatic carbocycles. The Bertz CT molecular complexity index is 870. The number of benzene rings is 2. The van der Waals surface area contributed by atoms with Crippen LogP contribution in [0.1, 0.15) is 11.4 Å². The number of nitrogens with zero attached hydrogens (tertiary/aromatic N) is 2. The Hall–Kier alpha value is -2.59. The van der Waals surface area contributed by atoms with E-state index < -0.39 is 0 Å². The number of hydrogen-bond donors (Lipinski definition) is 1. The zero-order valence-corrected chi connectivity index (χ0v) is 13.3. The van der Waals surface area contributed by atoms with Crippen LogP contribution in [0.4, 0.5) is 0 Å². The number of amides is 1. The van der Waals surface area contributed by atoms with Crippen molar-refractivity contribution in [3.8, 4) is 0 Å². The minimum absolute atomic E-state index is 0.216. The first-order valence-corrected chi connectivity index (χ1v) is 7.64. The summed E-state index contributed by atoms with van der Waals surface area (Å²) in [7, 11) is 0. The molecule has 0 fully saturated rings. The van der Waals surface area contributed by atoms with Crippen molar-refractivity contribution in [3.63, 3.8) is 0 Å². The number of fused-ring (bicyclic) bond motifs is 1. The number of halogens is 1. The summed E-state index contributed by atoms with van der Waals surface area (Å²) in [6.45, 7) is 4.45. The van der Waals surface area contributed by atoms with Gasteiger partial charge in [0, 0.05) is 11.6 Å². The van der Waals surface area contributed by atoms with E-state index in [0.717, 1.165) is 22.4 Å². The van der Waals surface area contributed by atoms with E-state index in [1.165, 1.54) is 6.08 Å². The van der Waals surface area contributed by atoms with Gasteiger partial charge in [0.2, 0.25) is 5.91 Å². The summed E-state index contributed by atoms with van der Waals surface area (Å²) in [5, 5.41) is 3.48. The van der Waals surface area contributed by atoms with Gasteiger partial charge in [0.25, 0.3) is 0 Å². The highest BCUT2D eigenvalue weighted by Crippen LogP contribution is 2.19. The van der Waals surface area contributed by atoms with Gasteiger partial charge in [-0.2, -0.15) is 0 Å². The van der Waals surface area contributed by atoms with Crippen LogP contribution < -0.4 is 5.32 Å². The fourth-order valence-corrected chi connectivity index (χ4v) is 2.71. The number of hydrogen-bond acceptors (Lipinski definition) is 2. The summed E-state index contributed by atoms with van der Waals surface area (Å²) in [5.41, 5.74) is 3.00. The van der Waals surface area contributed by atoms with Crippen LogP contribution in [0.15, 0.2) is 61.2 Å². The first kappa shape index (κ1) is 15.3. The van der Waals surface area contributed by atoms with Crippen molar-refractivity contribution >= 4 is 28.5 Å². The molecule has 23 heavy (non-hydrogen) atoms. The highest BCUT2D eigenvalue weighted by atomic mass is 35.5. The van der Waals surface area contributed by atoms with Gasteiger partial charge >= 0.3 is 0 Å². The van der Waals surface area contributed by atoms with Crippen molar-refractivity contribution in [1.29, 1.82) is 0 Å². The SMILES string of the molecule is C=CC(=O)NCc1nc2ccccc2n1Cc1cccc(Cl)c1. The summed E-state index contributed by atoms with van der Waals surface area (Å²) in [4.78, 5) is 16.0. The second-order valence-corrected chi connectivity index (χ2v) is 5.59. The highest BCUT2D eigenvalue weighted by molar-refractivity contribution is 6.30. The molecule has 0 atom stereocenters. The molecule has 5 heteroatoms. The predicted molar refractivity (Wildman–Crippen MR) is 92.3 cm³/mol. The maximum Gasteiger partial charge on any atom is 0.243 e. The quantitative estimate of drug-likeness (QED) is 0.729. The Morgan fingerprint density at radius 3 is 2.87 bits per heavy atom. The number of rotatable bonds is 5. The third kappa shape index (κ3) is 3.43. The maximum atomic E-state index is 11.4. The molecule has 3 aromatic rings. The lowest BCUT2D eigenvalue weighted by Gasteiger charge is -2.10. The molecule has 4 nitrogen and oxygen atoms in total. The summed E-state index contributed by atoms with van der Waals surface area (Å²) >= 11 is 6.07. The minimum Gasteiger partial charge on any atom is -0.345 e. The van der Waals surface area contributed by atoms with E-state index in [1.54, 1.807) is 0 Å². The topological polar surface area (TPSA) is 46.9 Å². The molecule has 0 bridgehead atoms. The Morgan fingerprint density at radius 1 is 1.26 bits per heavy atom. The number of imidazole rings is 1. The van der Waals surface area contributed by atoms with E-state index in [1.807, 2.05) is 48.5 Å². The summed E-state index contributed by atoms with van der Waals surface area (Å²) in [5.74, 6) is 0.577. The van der Waals surface area contributed by atoms with Crippen LogP contribution in [0.5, 0.6) is 0 Å².